The van der Waals surface area contributed by atoms with Crippen LogP contribution in [0.4, 0.5) is 0 Å². The molecule has 1 aliphatic carbocycles. The van der Waals surface area contributed by atoms with Crippen molar-refractivity contribution in [3.8, 4) is 0 Å². The van der Waals surface area contributed by atoms with E-state index in [0.29, 0.717) is 5.92 Å². The molecule has 0 amide bonds. The second kappa shape index (κ2) is 5.02. The quantitative estimate of drug-likeness (QED) is 0.840. The Labute approximate surface area is 108 Å². The number of hydrogen-bond donors (Lipinski definition) is 2. The SMILES string of the molecule is OCc1nc(C2CCC(O)CC2)n2c1CCCC2. The largest absolute Gasteiger partial charge is 0.393 e. The number of fused-ring (bicyclic) bond motifs is 1. The average Bonchev–Trinajstić information content (AvgIpc) is 2.79. The second-order valence-corrected chi connectivity index (χ2v) is 5.64. The minimum atomic E-state index is -0.116. The van der Waals surface area contributed by atoms with Crippen molar-refractivity contribution < 1.29 is 10.2 Å². The van der Waals surface area contributed by atoms with Crippen molar-refractivity contribution in [2.45, 2.75) is 70.1 Å². The van der Waals surface area contributed by atoms with Crippen molar-refractivity contribution in [3.05, 3.63) is 17.2 Å². The minimum Gasteiger partial charge on any atom is -0.393 e. The van der Waals surface area contributed by atoms with E-state index in [1.165, 1.54) is 24.4 Å². The molecule has 1 saturated carbocycles. The van der Waals surface area contributed by atoms with E-state index in [1.54, 1.807) is 0 Å². The molecule has 4 nitrogen and oxygen atoms in total. The maximum Gasteiger partial charge on any atom is 0.112 e. The van der Waals surface area contributed by atoms with Gasteiger partial charge in [0.25, 0.3) is 0 Å². The van der Waals surface area contributed by atoms with Gasteiger partial charge >= 0.3 is 0 Å². The van der Waals surface area contributed by atoms with Crippen molar-refractivity contribution in [3.63, 3.8) is 0 Å². The van der Waals surface area contributed by atoms with Gasteiger partial charge in [0.15, 0.2) is 0 Å². The normalized spacial score (nSPS) is 28.1. The van der Waals surface area contributed by atoms with Crippen molar-refractivity contribution in [2.75, 3.05) is 0 Å². The van der Waals surface area contributed by atoms with Crippen molar-refractivity contribution in [1.82, 2.24) is 9.55 Å². The lowest BCUT2D eigenvalue weighted by atomic mass is 9.87. The molecule has 3 rings (SSSR count). The van der Waals surface area contributed by atoms with Gasteiger partial charge in [0.1, 0.15) is 5.82 Å². The maximum absolute atomic E-state index is 9.60. The van der Waals surface area contributed by atoms with Gasteiger partial charge in [-0.3, -0.25) is 0 Å². The van der Waals surface area contributed by atoms with E-state index in [-0.39, 0.29) is 12.7 Å². The molecule has 1 aliphatic heterocycles. The Morgan fingerprint density at radius 1 is 1.17 bits per heavy atom. The standard InChI is InChI=1S/C14H22N2O2/c17-9-12-13-3-1-2-8-16(13)14(15-12)10-4-6-11(18)7-5-10/h10-11,17-18H,1-9H2. The smallest absolute Gasteiger partial charge is 0.112 e. The maximum atomic E-state index is 9.60. The van der Waals surface area contributed by atoms with Crippen LogP contribution in [0.25, 0.3) is 0 Å². The Hall–Kier alpha value is -0.870. The van der Waals surface area contributed by atoms with E-state index in [9.17, 15) is 10.2 Å². The first kappa shape index (κ1) is 12.2. The molecule has 0 bridgehead atoms. The number of aromatic nitrogens is 2. The van der Waals surface area contributed by atoms with Crippen molar-refractivity contribution in [2.24, 2.45) is 0 Å². The summed E-state index contributed by atoms with van der Waals surface area (Å²) >= 11 is 0. The van der Waals surface area contributed by atoms with Crippen LogP contribution in [0.2, 0.25) is 0 Å². The van der Waals surface area contributed by atoms with Crippen LogP contribution >= 0.6 is 0 Å². The van der Waals surface area contributed by atoms with Gasteiger partial charge in [-0.05, 0) is 44.9 Å². The number of nitrogens with zero attached hydrogens (tertiary/aromatic N) is 2. The Bertz CT molecular complexity index is 420. The van der Waals surface area contributed by atoms with Crippen LogP contribution < -0.4 is 0 Å². The molecule has 4 heteroatoms. The summed E-state index contributed by atoms with van der Waals surface area (Å²) in [5.41, 5.74) is 2.14. The topological polar surface area (TPSA) is 58.3 Å². The molecule has 0 spiro atoms. The molecule has 0 radical (unpaired) electrons. The van der Waals surface area contributed by atoms with Crippen LogP contribution in [-0.2, 0) is 19.6 Å². The molecule has 0 aromatic carbocycles. The molecule has 2 N–H and O–H groups in total. The summed E-state index contributed by atoms with van der Waals surface area (Å²) < 4.78 is 2.34. The third-order valence-electron chi connectivity index (χ3n) is 4.44. The molecule has 0 unspecified atom stereocenters. The van der Waals surface area contributed by atoms with Gasteiger partial charge in [0.2, 0.25) is 0 Å². The third kappa shape index (κ3) is 2.08. The summed E-state index contributed by atoms with van der Waals surface area (Å²) in [7, 11) is 0. The zero-order valence-electron chi connectivity index (χ0n) is 10.8. The Morgan fingerprint density at radius 2 is 1.94 bits per heavy atom. The molecule has 100 valence electrons. The first-order chi connectivity index (χ1) is 8.79. The Morgan fingerprint density at radius 3 is 2.67 bits per heavy atom. The van der Waals surface area contributed by atoms with E-state index >= 15 is 0 Å². The summed E-state index contributed by atoms with van der Waals surface area (Å²) in [4.78, 5) is 4.69. The van der Waals surface area contributed by atoms with Crippen LogP contribution in [-0.4, -0.2) is 25.9 Å². The van der Waals surface area contributed by atoms with Crippen LogP contribution in [0.3, 0.4) is 0 Å². The molecule has 1 aromatic heterocycles. The van der Waals surface area contributed by atoms with E-state index < -0.39 is 0 Å². The fourth-order valence-electron chi connectivity index (χ4n) is 3.42. The minimum absolute atomic E-state index is 0.0602. The van der Waals surface area contributed by atoms with Gasteiger partial charge in [0, 0.05) is 18.2 Å². The molecule has 0 saturated heterocycles. The zero-order chi connectivity index (χ0) is 12.5. The fourth-order valence-corrected chi connectivity index (χ4v) is 3.42. The van der Waals surface area contributed by atoms with Gasteiger partial charge in [-0.1, -0.05) is 0 Å². The summed E-state index contributed by atoms with van der Waals surface area (Å²) in [6.45, 7) is 1.11. The van der Waals surface area contributed by atoms with Gasteiger partial charge in [0.05, 0.1) is 18.4 Å². The number of hydrogen-bond acceptors (Lipinski definition) is 3. The average molecular weight is 250 g/mol. The van der Waals surface area contributed by atoms with Crippen LogP contribution in [0, 0.1) is 0 Å². The Kier molecular flexibility index (Phi) is 3.39. The van der Waals surface area contributed by atoms with Gasteiger partial charge < -0.3 is 14.8 Å². The lowest BCUT2D eigenvalue weighted by Gasteiger charge is -2.27. The Balaban J connectivity index is 1.89. The lowest BCUT2D eigenvalue weighted by molar-refractivity contribution is 0.120. The molecule has 1 aromatic rings. The highest BCUT2D eigenvalue weighted by Crippen LogP contribution is 2.34. The van der Waals surface area contributed by atoms with Crippen molar-refractivity contribution >= 4 is 0 Å². The fraction of sp³-hybridized carbons (Fsp3) is 0.786. The number of imidazole rings is 1. The van der Waals surface area contributed by atoms with E-state index in [1.807, 2.05) is 0 Å². The van der Waals surface area contributed by atoms with Gasteiger partial charge in [-0.25, -0.2) is 4.98 Å². The zero-order valence-corrected chi connectivity index (χ0v) is 10.8. The van der Waals surface area contributed by atoms with E-state index in [2.05, 4.69) is 4.57 Å². The molecule has 0 atom stereocenters. The predicted molar refractivity (Wildman–Crippen MR) is 68.3 cm³/mol. The van der Waals surface area contributed by atoms with E-state index in [0.717, 1.165) is 44.3 Å². The lowest BCUT2D eigenvalue weighted by Crippen LogP contribution is -2.21. The molecule has 1 fully saturated rings. The molecule has 18 heavy (non-hydrogen) atoms. The molecular formula is C14H22N2O2. The van der Waals surface area contributed by atoms with Crippen molar-refractivity contribution in [1.29, 1.82) is 0 Å². The highest BCUT2D eigenvalue weighted by atomic mass is 16.3. The summed E-state index contributed by atoms with van der Waals surface area (Å²) in [5, 5.41) is 19.0. The predicted octanol–water partition coefficient (Wildman–Crippen LogP) is 1.73. The molecular weight excluding hydrogens is 228 g/mol. The first-order valence-electron chi connectivity index (χ1n) is 7.16. The van der Waals surface area contributed by atoms with Gasteiger partial charge in [-0.15, -0.1) is 0 Å². The highest BCUT2D eigenvalue weighted by molar-refractivity contribution is 5.21. The van der Waals surface area contributed by atoms with Gasteiger partial charge in [-0.2, -0.15) is 0 Å². The van der Waals surface area contributed by atoms with E-state index in [4.69, 9.17) is 4.98 Å². The third-order valence-corrected chi connectivity index (χ3v) is 4.44. The van der Waals surface area contributed by atoms with Crippen LogP contribution in [0.15, 0.2) is 0 Å². The summed E-state index contributed by atoms with van der Waals surface area (Å²) in [5.74, 6) is 1.64. The molecule has 2 heterocycles. The first-order valence-corrected chi connectivity index (χ1v) is 7.16. The highest BCUT2D eigenvalue weighted by Gasteiger charge is 2.28. The second-order valence-electron chi connectivity index (χ2n) is 5.64. The number of aliphatic hydroxyl groups excluding tert-OH is 2. The monoisotopic (exact) mass is 250 g/mol. The number of rotatable bonds is 2. The molecule has 2 aliphatic rings. The number of aliphatic hydroxyl groups is 2. The van der Waals surface area contributed by atoms with Crippen LogP contribution in [0.5, 0.6) is 0 Å². The summed E-state index contributed by atoms with van der Waals surface area (Å²) in [6, 6.07) is 0. The summed E-state index contributed by atoms with van der Waals surface area (Å²) in [6.07, 6.45) is 7.21. The van der Waals surface area contributed by atoms with Crippen LogP contribution in [0.1, 0.15) is 61.7 Å².